The molecule has 0 bridgehead atoms. The lowest BCUT2D eigenvalue weighted by molar-refractivity contribution is -0.143. The highest BCUT2D eigenvalue weighted by Crippen LogP contribution is 2.45. The number of hydrogen-bond donors (Lipinski definition) is 4. The second kappa shape index (κ2) is 21.3. The predicted molar refractivity (Wildman–Crippen MR) is 230 cm³/mol. The van der Waals surface area contributed by atoms with E-state index < -0.39 is 75.2 Å². The van der Waals surface area contributed by atoms with E-state index in [-0.39, 0.29) is 36.3 Å². The number of aromatic nitrogens is 1. The number of pyridine rings is 1. The van der Waals surface area contributed by atoms with Gasteiger partial charge in [0.05, 0.1) is 24.4 Å². The molecule has 4 N–H and O–H groups in total. The highest BCUT2D eigenvalue weighted by molar-refractivity contribution is 7.90. The van der Waals surface area contributed by atoms with Crippen molar-refractivity contribution < 1.29 is 51.3 Å². The Labute approximate surface area is 368 Å². The van der Waals surface area contributed by atoms with Crippen LogP contribution in [-0.4, -0.2) is 104 Å². The fourth-order valence-electron chi connectivity index (χ4n) is 7.66. The minimum Gasteiger partial charge on any atom is -0.472 e. The van der Waals surface area contributed by atoms with Crippen LogP contribution < -0.4 is 25.4 Å². The van der Waals surface area contributed by atoms with Crippen LogP contribution >= 0.6 is 11.6 Å². The van der Waals surface area contributed by atoms with Crippen LogP contribution in [-0.2, 0) is 38.6 Å². The number of esters is 1. The molecule has 1 saturated heterocycles. The standard InChI is InChI=1S/C43H59ClN6O11S/c1-6-28-25-43(28,48-37(51)34-24-31(59-36-22-21-29(44)26-46-36)27-50(34)41(55)61-42(2,3)4)39(53)49-62(56,57)35-20-14-13-18-32(35)45-23-15-9-7-8-10-19-33(38(52)58-5)47-40(54)60-30-16-11-12-17-30/h6,13-14,18,20-22,26,28,30-31,33-34,45H,1,7-12,15-17,19,23-25,27H2,2-5H3,(H,47,54)(H,48,51)(H,49,53)/t28?,31-,33+,34+,43?/m1/s1. The average molecular weight is 903 g/mol. The van der Waals surface area contributed by atoms with Crippen molar-refractivity contribution in [2.24, 2.45) is 5.92 Å². The number of anilines is 1. The van der Waals surface area contributed by atoms with Gasteiger partial charge in [-0.2, -0.15) is 0 Å². The fraction of sp³-hybridized carbons (Fsp3) is 0.581. The van der Waals surface area contributed by atoms with E-state index in [0.29, 0.717) is 36.5 Å². The van der Waals surface area contributed by atoms with Crippen molar-refractivity contribution in [2.45, 2.75) is 138 Å². The van der Waals surface area contributed by atoms with Crippen LogP contribution in [0.25, 0.3) is 0 Å². The Morgan fingerprint density at radius 1 is 1.02 bits per heavy atom. The second-order valence-electron chi connectivity index (χ2n) is 16.9. The molecule has 0 spiro atoms. The molecule has 2 aliphatic carbocycles. The van der Waals surface area contributed by atoms with Crippen LogP contribution in [0.15, 0.2) is 60.1 Å². The summed E-state index contributed by atoms with van der Waals surface area (Å²) in [6.45, 7) is 9.29. The molecule has 0 radical (unpaired) electrons. The molecule has 2 heterocycles. The van der Waals surface area contributed by atoms with Crippen molar-refractivity contribution >= 4 is 57.3 Å². The summed E-state index contributed by atoms with van der Waals surface area (Å²) >= 11 is 5.96. The molecule has 17 nitrogen and oxygen atoms in total. The zero-order valence-electron chi connectivity index (χ0n) is 35.8. The molecule has 2 saturated carbocycles. The van der Waals surface area contributed by atoms with Gasteiger partial charge in [0.2, 0.25) is 11.8 Å². The maximum absolute atomic E-state index is 14.0. The summed E-state index contributed by atoms with van der Waals surface area (Å²) in [7, 11) is -3.17. The third-order valence-corrected chi connectivity index (χ3v) is 12.6. The summed E-state index contributed by atoms with van der Waals surface area (Å²) in [4.78, 5) is 71.1. The minimum atomic E-state index is -4.44. The molecule has 3 fully saturated rings. The highest BCUT2D eigenvalue weighted by Gasteiger charge is 2.61. The van der Waals surface area contributed by atoms with Crippen molar-refractivity contribution in [3.05, 3.63) is 60.3 Å². The molecule has 340 valence electrons. The van der Waals surface area contributed by atoms with E-state index in [1.54, 1.807) is 51.1 Å². The molecular formula is C43H59ClN6O11S. The average Bonchev–Trinajstić information content (AvgIpc) is 3.46. The topological polar surface area (TPSA) is 221 Å². The molecule has 19 heteroatoms. The summed E-state index contributed by atoms with van der Waals surface area (Å²) in [6.07, 6.45) is 8.76. The number of carbonyl (C=O) groups is 5. The van der Waals surface area contributed by atoms with E-state index in [2.05, 4.69) is 32.2 Å². The Balaban J connectivity index is 1.14. The Kier molecular flexibility index (Phi) is 16.5. The predicted octanol–water partition coefficient (Wildman–Crippen LogP) is 6.02. The number of unbranched alkanes of at least 4 members (excludes halogenated alkanes) is 4. The maximum Gasteiger partial charge on any atom is 0.411 e. The number of alkyl carbamates (subject to hydrolysis) is 1. The van der Waals surface area contributed by atoms with Crippen LogP contribution in [0.2, 0.25) is 5.02 Å². The molecule has 1 aromatic carbocycles. The summed E-state index contributed by atoms with van der Waals surface area (Å²) < 4.78 is 51.6. The summed E-state index contributed by atoms with van der Waals surface area (Å²) in [6, 6.07) is 7.43. The van der Waals surface area contributed by atoms with Gasteiger partial charge in [0, 0.05) is 31.1 Å². The SMILES string of the molecule is C=CC1CC1(NC(=O)[C@@H]1C[C@@H](Oc2ccc(Cl)cn2)CN1C(=O)OC(C)(C)C)C(=O)NS(=O)(=O)c1ccccc1NCCCCCCC[C@H](NC(=O)OC1CCCC1)C(=O)OC. The Morgan fingerprint density at radius 3 is 2.39 bits per heavy atom. The smallest absolute Gasteiger partial charge is 0.411 e. The first-order chi connectivity index (χ1) is 29.4. The van der Waals surface area contributed by atoms with Gasteiger partial charge in [-0.05, 0) is 83.9 Å². The molecule has 5 rings (SSSR count). The normalized spacial score (nSPS) is 21.6. The van der Waals surface area contributed by atoms with E-state index >= 15 is 0 Å². The number of hydrogen-bond acceptors (Lipinski definition) is 13. The van der Waals surface area contributed by atoms with Crippen LogP contribution in [0.4, 0.5) is 15.3 Å². The van der Waals surface area contributed by atoms with Crippen LogP contribution in [0, 0.1) is 5.92 Å². The first-order valence-electron chi connectivity index (χ1n) is 21.1. The fourth-order valence-corrected chi connectivity index (χ4v) is 9.00. The number of benzene rings is 1. The summed E-state index contributed by atoms with van der Waals surface area (Å²) in [5.74, 6) is -2.51. The van der Waals surface area contributed by atoms with Crippen molar-refractivity contribution in [1.29, 1.82) is 0 Å². The van der Waals surface area contributed by atoms with Gasteiger partial charge in [-0.3, -0.25) is 14.5 Å². The van der Waals surface area contributed by atoms with Gasteiger partial charge in [0.1, 0.15) is 40.3 Å². The van der Waals surface area contributed by atoms with E-state index in [1.165, 1.54) is 30.3 Å². The van der Waals surface area contributed by atoms with E-state index in [4.69, 9.17) is 30.5 Å². The van der Waals surface area contributed by atoms with Gasteiger partial charge in [-0.15, -0.1) is 6.58 Å². The number of nitrogens with zero attached hydrogens (tertiary/aromatic N) is 2. The number of nitrogens with one attached hydrogen (secondary N) is 4. The number of likely N-dealkylation sites (tertiary alicyclic amines) is 1. The van der Waals surface area contributed by atoms with E-state index in [1.807, 2.05) is 0 Å². The van der Waals surface area contributed by atoms with Gasteiger partial charge in [0.25, 0.3) is 15.9 Å². The third kappa shape index (κ3) is 13.2. The molecule has 1 aliphatic heterocycles. The first-order valence-corrected chi connectivity index (χ1v) is 23.0. The van der Waals surface area contributed by atoms with Gasteiger partial charge >= 0.3 is 18.2 Å². The Bertz CT molecular complexity index is 2030. The minimum absolute atomic E-state index is 0.0195. The Hall–Kier alpha value is -5.10. The Morgan fingerprint density at radius 2 is 1.73 bits per heavy atom. The quantitative estimate of drug-likeness (QED) is 0.0518. The number of halogens is 1. The van der Waals surface area contributed by atoms with Crippen LogP contribution in [0.3, 0.4) is 0 Å². The molecule has 62 heavy (non-hydrogen) atoms. The van der Waals surface area contributed by atoms with E-state index in [0.717, 1.165) is 44.9 Å². The lowest BCUT2D eigenvalue weighted by Gasteiger charge is -2.29. The van der Waals surface area contributed by atoms with Crippen molar-refractivity contribution in [3.8, 4) is 5.88 Å². The highest BCUT2D eigenvalue weighted by atomic mass is 35.5. The summed E-state index contributed by atoms with van der Waals surface area (Å²) in [5.41, 5.74) is -2.22. The number of ether oxygens (including phenoxy) is 4. The number of sulfonamides is 1. The van der Waals surface area contributed by atoms with Crippen molar-refractivity contribution in [1.82, 2.24) is 25.2 Å². The zero-order chi connectivity index (χ0) is 45.1. The van der Waals surface area contributed by atoms with Gasteiger partial charge in [-0.1, -0.05) is 55.5 Å². The van der Waals surface area contributed by atoms with Gasteiger partial charge < -0.3 is 34.9 Å². The largest absolute Gasteiger partial charge is 0.472 e. The second-order valence-corrected chi connectivity index (χ2v) is 19.0. The summed E-state index contributed by atoms with van der Waals surface area (Å²) in [5, 5.41) is 8.96. The monoisotopic (exact) mass is 902 g/mol. The van der Waals surface area contributed by atoms with Crippen molar-refractivity contribution in [2.75, 3.05) is 25.5 Å². The number of amides is 4. The van der Waals surface area contributed by atoms with Crippen molar-refractivity contribution in [3.63, 3.8) is 0 Å². The number of methoxy groups -OCH3 is 1. The molecule has 2 unspecified atom stereocenters. The number of rotatable bonds is 20. The molecule has 3 aliphatic rings. The third-order valence-electron chi connectivity index (χ3n) is 11.0. The maximum atomic E-state index is 14.0. The van der Waals surface area contributed by atoms with Crippen LogP contribution in [0.1, 0.15) is 97.8 Å². The lowest BCUT2D eigenvalue weighted by atomic mass is 10.1. The van der Waals surface area contributed by atoms with Crippen LogP contribution in [0.5, 0.6) is 5.88 Å². The number of carbonyl (C=O) groups excluding carboxylic acids is 5. The zero-order valence-corrected chi connectivity index (χ0v) is 37.4. The first kappa shape index (κ1) is 47.9. The van der Waals surface area contributed by atoms with Gasteiger partial charge in [0.15, 0.2) is 0 Å². The van der Waals surface area contributed by atoms with E-state index in [9.17, 15) is 32.4 Å². The lowest BCUT2D eigenvalue weighted by Crippen LogP contribution is -2.56. The molecular weight excluding hydrogens is 844 g/mol. The number of para-hydroxylation sites is 1. The molecule has 2 aromatic rings. The van der Waals surface area contributed by atoms with Gasteiger partial charge in [-0.25, -0.2) is 32.5 Å². The molecule has 4 amide bonds. The molecule has 1 aromatic heterocycles. The molecule has 5 atom stereocenters.